The SMILES string of the molecule is COC(C)(C)OC(=O)C1C2OC3C(OC(=O)C31)C2OC(=O)CCC(=O)OC(C)C(F)(F)S(=O)(=O)O. The average Bonchev–Trinajstić information content (AvgIpc) is 3.34. The fourth-order valence-corrected chi connectivity index (χ4v) is 4.51. The van der Waals surface area contributed by atoms with Crippen molar-refractivity contribution < 1.29 is 69.4 Å². The fourth-order valence-electron chi connectivity index (χ4n) is 4.04. The van der Waals surface area contributed by atoms with Gasteiger partial charge in [0.15, 0.2) is 18.3 Å². The van der Waals surface area contributed by atoms with E-state index in [1.165, 1.54) is 21.0 Å². The van der Waals surface area contributed by atoms with E-state index in [1.807, 2.05) is 0 Å². The maximum Gasteiger partial charge on any atom is 0.405 e. The zero-order valence-electron chi connectivity index (χ0n) is 19.0. The van der Waals surface area contributed by atoms with Gasteiger partial charge in [0, 0.05) is 21.0 Å². The van der Waals surface area contributed by atoms with Crippen molar-refractivity contribution in [1.29, 1.82) is 0 Å². The molecule has 3 saturated heterocycles. The average molecular weight is 530 g/mol. The number of rotatable bonds is 10. The zero-order chi connectivity index (χ0) is 26.5. The lowest BCUT2D eigenvalue weighted by Crippen LogP contribution is -2.49. The number of hydrogen-bond acceptors (Lipinski definition) is 12. The van der Waals surface area contributed by atoms with Gasteiger partial charge < -0.3 is 28.4 Å². The summed E-state index contributed by atoms with van der Waals surface area (Å²) in [6.45, 7) is 3.49. The summed E-state index contributed by atoms with van der Waals surface area (Å²) in [6, 6.07) is 0. The second-order valence-electron chi connectivity index (χ2n) is 8.67. The molecule has 16 heteroatoms. The minimum Gasteiger partial charge on any atom is -0.455 e. The summed E-state index contributed by atoms with van der Waals surface area (Å²) in [5, 5.41) is -4.76. The molecule has 0 aromatic rings. The summed E-state index contributed by atoms with van der Waals surface area (Å²) in [7, 11) is -4.53. The molecule has 3 heterocycles. The van der Waals surface area contributed by atoms with Gasteiger partial charge in [-0.25, -0.2) is 0 Å². The first kappa shape index (κ1) is 27.2. The molecule has 0 spiro atoms. The first-order chi connectivity index (χ1) is 16.0. The highest BCUT2D eigenvalue weighted by Gasteiger charge is 2.72. The van der Waals surface area contributed by atoms with Crippen molar-refractivity contribution in [3.8, 4) is 0 Å². The van der Waals surface area contributed by atoms with Crippen LogP contribution in [0.2, 0.25) is 0 Å². The van der Waals surface area contributed by atoms with Gasteiger partial charge in [-0.05, 0) is 6.92 Å². The van der Waals surface area contributed by atoms with Crippen molar-refractivity contribution in [1.82, 2.24) is 0 Å². The van der Waals surface area contributed by atoms with E-state index < -0.39 is 100 Å². The summed E-state index contributed by atoms with van der Waals surface area (Å²) >= 11 is 0. The largest absolute Gasteiger partial charge is 0.455 e. The standard InChI is InChI=1S/C19H24F2O13S/c1-7(19(20,21)35(26,27)28)30-8(22)5-6-9(23)31-14-13-11(17(25)34-18(2,3)29-4)10-12(32-13)15(14)33-16(10)24/h7,10-15H,5-6H2,1-4H3,(H,26,27,28). The van der Waals surface area contributed by atoms with Crippen molar-refractivity contribution in [3.05, 3.63) is 0 Å². The molecule has 198 valence electrons. The molecule has 7 unspecified atom stereocenters. The van der Waals surface area contributed by atoms with E-state index >= 15 is 0 Å². The van der Waals surface area contributed by atoms with E-state index in [1.54, 1.807) is 0 Å². The molecular weight excluding hydrogens is 506 g/mol. The Kier molecular flexibility index (Phi) is 7.15. The number of halogens is 2. The third kappa shape index (κ3) is 5.10. The Morgan fingerprint density at radius 2 is 1.71 bits per heavy atom. The van der Waals surface area contributed by atoms with Crippen molar-refractivity contribution in [2.24, 2.45) is 11.8 Å². The first-order valence-corrected chi connectivity index (χ1v) is 11.8. The summed E-state index contributed by atoms with van der Waals surface area (Å²) < 4.78 is 87.6. The van der Waals surface area contributed by atoms with E-state index in [0.717, 1.165) is 0 Å². The van der Waals surface area contributed by atoms with Gasteiger partial charge in [-0.2, -0.15) is 17.2 Å². The van der Waals surface area contributed by atoms with Crippen LogP contribution in [0.1, 0.15) is 33.6 Å². The van der Waals surface area contributed by atoms with Crippen LogP contribution < -0.4 is 0 Å². The number of esters is 4. The molecule has 0 amide bonds. The maximum absolute atomic E-state index is 13.5. The van der Waals surface area contributed by atoms with E-state index in [0.29, 0.717) is 6.92 Å². The maximum atomic E-state index is 13.5. The molecule has 3 aliphatic heterocycles. The Morgan fingerprint density at radius 3 is 2.29 bits per heavy atom. The van der Waals surface area contributed by atoms with Crippen LogP contribution in [0.25, 0.3) is 0 Å². The highest BCUT2D eigenvalue weighted by Crippen LogP contribution is 2.51. The molecule has 0 aliphatic carbocycles. The predicted molar refractivity (Wildman–Crippen MR) is 104 cm³/mol. The summed E-state index contributed by atoms with van der Waals surface area (Å²) in [6.07, 6.45) is -8.09. The van der Waals surface area contributed by atoms with Crippen LogP contribution in [-0.2, 0) is 57.7 Å². The number of hydrogen-bond donors (Lipinski definition) is 1. The number of ether oxygens (including phenoxy) is 6. The van der Waals surface area contributed by atoms with Crippen molar-refractivity contribution in [3.63, 3.8) is 0 Å². The molecule has 0 saturated carbocycles. The van der Waals surface area contributed by atoms with Crippen LogP contribution in [0.15, 0.2) is 0 Å². The summed E-state index contributed by atoms with van der Waals surface area (Å²) in [5.41, 5.74) is 0. The molecule has 35 heavy (non-hydrogen) atoms. The Morgan fingerprint density at radius 1 is 1.11 bits per heavy atom. The smallest absolute Gasteiger partial charge is 0.405 e. The van der Waals surface area contributed by atoms with Gasteiger partial charge >= 0.3 is 39.2 Å². The summed E-state index contributed by atoms with van der Waals surface area (Å²) in [5.74, 6) is -7.36. The number of alkyl halides is 2. The number of carbonyl (C=O) groups excluding carboxylic acids is 4. The third-order valence-corrected chi connectivity index (χ3v) is 6.96. The number of methoxy groups -OCH3 is 1. The third-order valence-electron chi connectivity index (χ3n) is 5.94. The lowest BCUT2D eigenvalue weighted by atomic mass is 9.78. The highest BCUT2D eigenvalue weighted by atomic mass is 32.2. The molecule has 1 N–H and O–H groups in total. The first-order valence-electron chi connectivity index (χ1n) is 10.4. The molecule has 2 bridgehead atoms. The summed E-state index contributed by atoms with van der Waals surface area (Å²) in [4.78, 5) is 49.1. The Bertz CT molecular complexity index is 1010. The normalized spacial score (nSPS) is 30.5. The molecule has 7 atom stereocenters. The van der Waals surface area contributed by atoms with Crippen LogP contribution in [0, 0.1) is 11.8 Å². The lowest BCUT2D eigenvalue weighted by molar-refractivity contribution is -0.213. The monoisotopic (exact) mass is 530 g/mol. The Balaban J connectivity index is 1.59. The van der Waals surface area contributed by atoms with Gasteiger partial charge in [0.1, 0.15) is 24.0 Å². The molecule has 3 rings (SSSR count). The van der Waals surface area contributed by atoms with E-state index in [-0.39, 0.29) is 0 Å². The van der Waals surface area contributed by atoms with Gasteiger partial charge in [-0.15, -0.1) is 0 Å². The molecule has 3 aliphatic rings. The van der Waals surface area contributed by atoms with E-state index in [2.05, 4.69) is 4.74 Å². The van der Waals surface area contributed by atoms with Crippen LogP contribution in [0.5, 0.6) is 0 Å². The van der Waals surface area contributed by atoms with Crippen LogP contribution in [-0.4, -0.2) is 85.5 Å². The quantitative estimate of drug-likeness (QED) is 0.172. The van der Waals surface area contributed by atoms with E-state index in [4.69, 9.17) is 28.2 Å². The van der Waals surface area contributed by atoms with E-state index in [9.17, 15) is 36.4 Å². The number of fused-ring (bicyclic) bond motifs is 1. The van der Waals surface area contributed by atoms with Crippen molar-refractivity contribution in [2.45, 2.75) is 75.2 Å². The van der Waals surface area contributed by atoms with Crippen LogP contribution in [0.3, 0.4) is 0 Å². The molecule has 0 aromatic carbocycles. The van der Waals surface area contributed by atoms with Gasteiger partial charge in [-0.3, -0.25) is 23.7 Å². The van der Waals surface area contributed by atoms with Gasteiger partial charge in [0.05, 0.1) is 12.8 Å². The van der Waals surface area contributed by atoms with Crippen LogP contribution in [0.4, 0.5) is 8.78 Å². The predicted octanol–water partition coefficient (Wildman–Crippen LogP) is -0.0448. The molecular formula is C19H24F2O13S. The highest BCUT2D eigenvalue weighted by molar-refractivity contribution is 7.86. The van der Waals surface area contributed by atoms with Gasteiger partial charge in [0.2, 0.25) is 5.79 Å². The van der Waals surface area contributed by atoms with Crippen molar-refractivity contribution in [2.75, 3.05) is 7.11 Å². The molecule has 3 fully saturated rings. The fraction of sp³-hybridized carbons (Fsp3) is 0.789. The molecule has 0 aromatic heterocycles. The molecule has 13 nitrogen and oxygen atoms in total. The minimum atomic E-state index is -5.84. The second kappa shape index (κ2) is 9.22. The Labute approximate surface area is 198 Å². The van der Waals surface area contributed by atoms with Gasteiger partial charge in [-0.1, -0.05) is 0 Å². The lowest BCUT2D eigenvalue weighted by Gasteiger charge is -2.30. The number of carbonyl (C=O) groups is 4. The Hall–Kier alpha value is -2.43. The second-order valence-corrected chi connectivity index (χ2v) is 10.2. The minimum absolute atomic E-state index is 0.547. The zero-order valence-corrected chi connectivity index (χ0v) is 19.8. The van der Waals surface area contributed by atoms with Crippen molar-refractivity contribution >= 4 is 34.0 Å². The topological polar surface area (TPSA) is 178 Å². The van der Waals surface area contributed by atoms with Crippen LogP contribution >= 0.6 is 0 Å². The molecule has 0 radical (unpaired) electrons. The van der Waals surface area contributed by atoms with Gasteiger partial charge in [0.25, 0.3) is 0 Å².